The van der Waals surface area contributed by atoms with Gasteiger partial charge in [0.05, 0.1) is 11.1 Å². The van der Waals surface area contributed by atoms with Gasteiger partial charge in [0.15, 0.2) is 0 Å². The van der Waals surface area contributed by atoms with Crippen LogP contribution in [0.3, 0.4) is 0 Å². The van der Waals surface area contributed by atoms with Gasteiger partial charge in [-0.1, -0.05) is 37.8 Å². The van der Waals surface area contributed by atoms with Gasteiger partial charge >= 0.3 is 6.18 Å². The zero-order chi connectivity index (χ0) is 14.6. The number of carbonyl (C=O) groups excluding carboxylic acids is 1. The SMILES string of the molecule is O=C(NC1CCCCCC1)c1ccccc1C(F)(F)F. The van der Waals surface area contributed by atoms with Crippen LogP contribution in [0, 0.1) is 0 Å². The number of amides is 1. The molecule has 1 amide bonds. The average Bonchev–Trinajstić information content (AvgIpc) is 2.66. The maximum Gasteiger partial charge on any atom is 0.417 e. The molecule has 0 aliphatic heterocycles. The van der Waals surface area contributed by atoms with Crippen molar-refractivity contribution in [2.24, 2.45) is 0 Å². The van der Waals surface area contributed by atoms with Crippen LogP contribution in [0.1, 0.15) is 54.4 Å². The van der Waals surface area contributed by atoms with Crippen molar-refractivity contribution in [3.63, 3.8) is 0 Å². The summed E-state index contributed by atoms with van der Waals surface area (Å²) in [5, 5.41) is 2.75. The summed E-state index contributed by atoms with van der Waals surface area (Å²) in [6.07, 6.45) is 1.49. The first-order valence-corrected chi connectivity index (χ1v) is 6.95. The molecule has 1 aliphatic rings. The molecule has 5 heteroatoms. The second-order valence-electron chi connectivity index (χ2n) is 5.21. The molecule has 0 atom stereocenters. The Morgan fingerprint density at radius 3 is 2.25 bits per heavy atom. The van der Waals surface area contributed by atoms with Gasteiger partial charge in [0.1, 0.15) is 0 Å². The van der Waals surface area contributed by atoms with Crippen LogP contribution < -0.4 is 5.32 Å². The molecule has 1 aromatic carbocycles. The molecule has 0 aromatic heterocycles. The number of hydrogen-bond acceptors (Lipinski definition) is 1. The van der Waals surface area contributed by atoms with E-state index in [4.69, 9.17) is 0 Å². The lowest BCUT2D eigenvalue weighted by molar-refractivity contribution is -0.137. The van der Waals surface area contributed by atoms with Crippen LogP contribution in [0.5, 0.6) is 0 Å². The van der Waals surface area contributed by atoms with Gasteiger partial charge in [0, 0.05) is 6.04 Å². The van der Waals surface area contributed by atoms with Crippen molar-refractivity contribution in [3.8, 4) is 0 Å². The molecule has 0 bridgehead atoms. The molecule has 1 aromatic rings. The molecule has 1 fully saturated rings. The summed E-state index contributed by atoms with van der Waals surface area (Å²) in [4.78, 5) is 12.1. The second kappa shape index (κ2) is 6.29. The smallest absolute Gasteiger partial charge is 0.349 e. The number of nitrogens with one attached hydrogen (secondary N) is 1. The van der Waals surface area contributed by atoms with Crippen molar-refractivity contribution in [2.45, 2.75) is 50.7 Å². The van der Waals surface area contributed by atoms with Crippen LogP contribution in [0.2, 0.25) is 0 Å². The lowest BCUT2D eigenvalue weighted by Gasteiger charge is -2.18. The molecule has 1 aliphatic carbocycles. The number of benzene rings is 1. The molecule has 110 valence electrons. The predicted molar refractivity (Wildman–Crippen MR) is 70.4 cm³/mol. The molecular weight excluding hydrogens is 267 g/mol. The lowest BCUT2D eigenvalue weighted by Crippen LogP contribution is -2.35. The standard InChI is InChI=1S/C15H18F3NO/c16-15(17,18)13-10-6-5-9-12(13)14(20)19-11-7-3-1-2-4-8-11/h5-6,9-11H,1-4,7-8H2,(H,19,20). The molecule has 2 rings (SSSR count). The van der Waals surface area contributed by atoms with E-state index in [0.29, 0.717) is 0 Å². The lowest BCUT2D eigenvalue weighted by atomic mass is 10.0. The number of alkyl halides is 3. The van der Waals surface area contributed by atoms with Crippen LogP contribution in [-0.4, -0.2) is 11.9 Å². The molecule has 1 saturated carbocycles. The van der Waals surface area contributed by atoms with E-state index in [-0.39, 0.29) is 11.6 Å². The Labute approximate surface area is 116 Å². The Balaban J connectivity index is 2.13. The number of carbonyl (C=O) groups is 1. The largest absolute Gasteiger partial charge is 0.417 e. The van der Waals surface area contributed by atoms with Crippen molar-refractivity contribution >= 4 is 5.91 Å². The van der Waals surface area contributed by atoms with E-state index in [2.05, 4.69) is 5.32 Å². The highest BCUT2D eigenvalue weighted by Crippen LogP contribution is 2.32. The Hall–Kier alpha value is -1.52. The van der Waals surface area contributed by atoms with E-state index in [0.717, 1.165) is 44.6 Å². The molecule has 20 heavy (non-hydrogen) atoms. The fraction of sp³-hybridized carbons (Fsp3) is 0.533. The summed E-state index contributed by atoms with van der Waals surface area (Å²) < 4.78 is 38.6. The van der Waals surface area contributed by atoms with Crippen molar-refractivity contribution in [1.29, 1.82) is 0 Å². The number of rotatable bonds is 2. The first-order valence-electron chi connectivity index (χ1n) is 6.95. The third kappa shape index (κ3) is 3.74. The molecule has 0 unspecified atom stereocenters. The summed E-state index contributed by atoms with van der Waals surface area (Å²) in [7, 11) is 0. The molecular formula is C15H18F3NO. The summed E-state index contributed by atoms with van der Waals surface area (Å²) >= 11 is 0. The van der Waals surface area contributed by atoms with E-state index in [1.165, 1.54) is 18.2 Å². The van der Waals surface area contributed by atoms with Crippen molar-refractivity contribution in [2.75, 3.05) is 0 Å². The van der Waals surface area contributed by atoms with Gasteiger partial charge in [0.25, 0.3) is 5.91 Å². The highest BCUT2D eigenvalue weighted by atomic mass is 19.4. The van der Waals surface area contributed by atoms with Gasteiger partial charge in [-0.15, -0.1) is 0 Å². The minimum Gasteiger partial charge on any atom is -0.349 e. The molecule has 0 spiro atoms. The Kier molecular flexibility index (Phi) is 4.68. The maximum absolute atomic E-state index is 12.9. The minimum absolute atomic E-state index is 0.00807. The van der Waals surface area contributed by atoms with Gasteiger partial charge in [-0.2, -0.15) is 13.2 Å². The van der Waals surface area contributed by atoms with Gasteiger partial charge < -0.3 is 5.32 Å². The highest BCUT2D eigenvalue weighted by molar-refractivity contribution is 5.96. The van der Waals surface area contributed by atoms with E-state index in [1.807, 2.05) is 0 Å². The van der Waals surface area contributed by atoms with Crippen molar-refractivity contribution < 1.29 is 18.0 Å². The van der Waals surface area contributed by atoms with E-state index in [9.17, 15) is 18.0 Å². The summed E-state index contributed by atoms with van der Waals surface area (Å²) in [6.45, 7) is 0. The second-order valence-corrected chi connectivity index (χ2v) is 5.21. The fourth-order valence-electron chi connectivity index (χ4n) is 2.62. The fourth-order valence-corrected chi connectivity index (χ4v) is 2.62. The van der Waals surface area contributed by atoms with Crippen molar-refractivity contribution in [1.82, 2.24) is 5.32 Å². The Bertz CT molecular complexity index is 462. The summed E-state index contributed by atoms with van der Waals surface area (Å²) in [6, 6.07) is 4.92. The first kappa shape index (κ1) is 14.9. The predicted octanol–water partition coefficient (Wildman–Crippen LogP) is 4.16. The average molecular weight is 285 g/mol. The molecule has 0 radical (unpaired) electrons. The summed E-state index contributed by atoms with van der Waals surface area (Å²) in [5.41, 5.74) is -1.16. The van der Waals surface area contributed by atoms with Crippen LogP contribution in [0.4, 0.5) is 13.2 Å². The van der Waals surface area contributed by atoms with Gasteiger partial charge in [-0.05, 0) is 25.0 Å². The van der Waals surface area contributed by atoms with Crippen LogP contribution in [0.25, 0.3) is 0 Å². The zero-order valence-corrected chi connectivity index (χ0v) is 11.2. The third-order valence-electron chi connectivity index (χ3n) is 3.67. The van der Waals surface area contributed by atoms with E-state index in [1.54, 1.807) is 0 Å². The highest BCUT2D eigenvalue weighted by Gasteiger charge is 2.35. The van der Waals surface area contributed by atoms with E-state index < -0.39 is 17.6 Å². The maximum atomic E-state index is 12.9. The quantitative estimate of drug-likeness (QED) is 0.812. The first-order chi connectivity index (χ1) is 9.48. The van der Waals surface area contributed by atoms with Crippen LogP contribution in [-0.2, 0) is 6.18 Å². The minimum atomic E-state index is -4.50. The van der Waals surface area contributed by atoms with Crippen LogP contribution >= 0.6 is 0 Å². The van der Waals surface area contributed by atoms with Crippen molar-refractivity contribution in [3.05, 3.63) is 35.4 Å². The Morgan fingerprint density at radius 1 is 1.05 bits per heavy atom. The summed E-state index contributed by atoms with van der Waals surface area (Å²) in [5.74, 6) is -0.621. The molecule has 0 saturated heterocycles. The zero-order valence-electron chi connectivity index (χ0n) is 11.2. The number of hydrogen-bond donors (Lipinski definition) is 1. The molecule has 0 heterocycles. The van der Waals surface area contributed by atoms with Gasteiger partial charge in [0.2, 0.25) is 0 Å². The normalized spacial score (nSPS) is 17.6. The van der Waals surface area contributed by atoms with Gasteiger partial charge in [-0.25, -0.2) is 0 Å². The number of halogens is 3. The third-order valence-corrected chi connectivity index (χ3v) is 3.67. The molecule has 1 N–H and O–H groups in total. The Morgan fingerprint density at radius 2 is 1.65 bits per heavy atom. The topological polar surface area (TPSA) is 29.1 Å². The van der Waals surface area contributed by atoms with Gasteiger partial charge in [-0.3, -0.25) is 4.79 Å². The monoisotopic (exact) mass is 285 g/mol. The van der Waals surface area contributed by atoms with Crippen LogP contribution in [0.15, 0.2) is 24.3 Å². The molecule has 2 nitrogen and oxygen atoms in total. The van der Waals surface area contributed by atoms with E-state index >= 15 is 0 Å².